The van der Waals surface area contributed by atoms with Crippen LogP contribution in [0.1, 0.15) is 45.4 Å². The largest absolute Gasteiger partial charge is 1.00 e. The van der Waals surface area contributed by atoms with Crippen LogP contribution in [0, 0.1) is 0 Å². The average molecular weight is 581 g/mol. The molecule has 0 spiro atoms. The van der Waals surface area contributed by atoms with Crippen molar-refractivity contribution in [3.63, 3.8) is 0 Å². The van der Waals surface area contributed by atoms with Gasteiger partial charge in [-0.1, -0.05) is 0 Å². The predicted molar refractivity (Wildman–Crippen MR) is 130 cm³/mol. The Balaban J connectivity index is 0.00000450. The summed E-state index contributed by atoms with van der Waals surface area (Å²) in [5.41, 5.74) is 3.27. The van der Waals surface area contributed by atoms with E-state index in [1.54, 1.807) is 11.1 Å². The second-order valence-electron chi connectivity index (χ2n) is 10.1. The van der Waals surface area contributed by atoms with Gasteiger partial charge >= 0.3 is 190 Å². The minimum atomic E-state index is -1.84. The average Bonchev–Trinajstić information content (AvgIpc) is 3.25. The van der Waals surface area contributed by atoms with Crippen LogP contribution in [0.5, 0.6) is 0 Å². The zero-order chi connectivity index (χ0) is 21.5. The summed E-state index contributed by atoms with van der Waals surface area (Å²) >= 11 is -1.84. The van der Waals surface area contributed by atoms with Crippen LogP contribution in [0.4, 0.5) is 0 Å². The molecule has 7 heteroatoms. The van der Waals surface area contributed by atoms with Crippen molar-refractivity contribution in [1.82, 2.24) is 0 Å². The predicted octanol–water partition coefficient (Wildman–Crippen LogP) is 1.13. The van der Waals surface area contributed by atoms with E-state index in [1.165, 1.54) is 25.7 Å². The van der Waals surface area contributed by atoms with Crippen molar-refractivity contribution in [2.24, 2.45) is 0 Å². The van der Waals surface area contributed by atoms with Crippen LogP contribution < -0.4 is 24.8 Å². The number of hydrogen-bond donors (Lipinski definition) is 0. The molecule has 0 heterocycles. The van der Waals surface area contributed by atoms with E-state index in [9.17, 15) is 0 Å². The molecular weight excluding hydrogens is 539 g/mol. The van der Waals surface area contributed by atoms with Gasteiger partial charge in [0.05, 0.1) is 0 Å². The molecule has 0 aromatic rings. The zero-order valence-electron chi connectivity index (χ0n) is 20.6. The SMILES string of the molecule is C[CH]=[Zr+2]([C]1=C(CCCO[Si](C)(C)C)C=CC1)[C]1=C(CCCO[Si](C)(C)C)C=CC1.[Cl-].[Cl-]. The fourth-order valence-electron chi connectivity index (χ4n) is 3.95. The van der Waals surface area contributed by atoms with Crippen LogP contribution in [0.25, 0.3) is 0 Å². The topological polar surface area (TPSA) is 18.5 Å². The van der Waals surface area contributed by atoms with Gasteiger partial charge in [-0.3, -0.25) is 0 Å². The second kappa shape index (κ2) is 14.8. The second-order valence-corrected chi connectivity index (χ2v) is 25.5. The molecule has 31 heavy (non-hydrogen) atoms. The Bertz CT molecular complexity index is 669. The molecule has 0 amide bonds. The Morgan fingerprint density at radius 1 is 0.774 bits per heavy atom. The van der Waals surface area contributed by atoms with Gasteiger partial charge in [0.2, 0.25) is 0 Å². The van der Waals surface area contributed by atoms with Crippen molar-refractivity contribution in [2.45, 2.75) is 84.7 Å². The third-order valence-corrected chi connectivity index (χ3v) is 14.6. The van der Waals surface area contributed by atoms with Crippen molar-refractivity contribution >= 4 is 20.3 Å². The molecule has 2 aliphatic rings. The molecule has 0 atom stereocenters. The minimum absolute atomic E-state index is 0. The fraction of sp³-hybridized carbons (Fsp3) is 0.625. The smallest absolute Gasteiger partial charge is 1.00 e. The van der Waals surface area contributed by atoms with E-state index in [4.69, 9.17) is 8.85 Å². The minimum Gasteiger partial charge on any atom is -1.00 e. The van der Waals surface area contributed by atoms with Crippen LogP contribution in [-0.4, -0.2) is 33.6 Å². The van der Waals surface area contributed by atoms with Gasteiger partial charge in [-0.15, -0.1) is 0 Å². The third-order valence-electron chi connectivity index (χ3n) is 5.25. The summed E-state index contributed by atoms with van der Waals surface area (Å²) in [7, 11) is -2.78. The number of halogens is 2. The summed E-state index contributed by atoms with van der Waals surface area (Å²) in [4.78, 5) is 0. The van der Waals surface area contributed by atoms with Crippen molar-refractivity contribution in [3.8, 4) is 0 Å². The molecule has 0 radical (unpaired) electrons. The Hall–Kier alpha value is 0.647. The van der Waals surface area contributed by atoms with Gasteiger partial charge in [0.15, 0.2) is 0 Å². The first kappa shape index (κ1) is 31.6. The Morgan fingerprint density at radius 3 is 1.48 bits per heavy atom. The van der Waals surface area contributed by atoms with E-state index >= 15 is 0 Å². The van der Waals surface area contributed by atoms with Crippen LogP contribution in [0.15, 0.2) is 42.0 Å². The van der Waals surface area contributed by atoms with Crippen molar-refractivity contribution < 1.29 is 54.9 Å². The normalized spacial score (nSPS) is 15.7. The molecule has 2 nitrogen and oxygen atoms in total. The van der Waals surface area contributed by atoms with E-state index in [2.05, 4.69) is 74.2 Å². The Kier molecular flexibility index (Phi) is 15.1. The molecule has 0 aliphatic heterocycles. The molecule has 0 aromatic heterocycles. The zero-order valence-corrected chi connectivity index (χ0v) is 26.6. The van der Waals surface area contributed by atoms with Crippen molar-refractivity contribution in [2.75, 3.05) is 13.2 Å². The summed E-state index contributed by atoms with van der Waals surface area (Å²) in [5.74, 6) is 0. The maximum atomic E-state index is 6.08. The van der Waals surface area contributed by atoms with E-state index in [0.29, 0.717) is 0 Å². The first-order valence-corrected chi connectivity index (χ1v) is 22.0. The first-order valence-electron chi connectivity index (χ1n) is 11.3. The van der Waals surface area contributed by atoms with Gasteiger partial charge < -0.3 is 24.8 Å². The van der Waals surface area contributed by atoms with Gasteiger partial charge in [0.1, 0.15) is 0 Å². The van der Waals surface area contributed by atoms with Crippen LogP contribution in [-0.2, 0) is 30.1 Å². The molecule has 0 saturated carbocycles. The summed E-state index contributed by atoms with van der Waals surface area (Å²) in [6.45, 7) is 17.8. The molecule has 0 N–H and O–H groups in total. The quantitative estimate of drug-likeness (QED) is 0.255. The summed E-state index contributed by atoms with van der Waals surface area (Å²) < 4.78 is 18.4. The maximum Gasteiger partial charge on any atom is -1.00 e. The van der Waals surface area contributed by atoms with Crippen molar-refractivity contribution in [3.05, 3.63) is 42.0 Å². The summed E-state index contributed by atoms with van der Waals surface area (Å²) in [6, 6.07) is 0. The third kappa shape index (κ3) is 11.6. The Morgan fingerprint density at radius 2 is 1.16 bits per heavy atom. The molecule has 0 aromatic carbocycles. The fourth-order valence-corrected chi connectivity index (χ4v) is 12.5. The van der Waals surface area contributed by atoms with Crippen LogP contribution in [0.2, 0.25) is 39.3 Å². The van der Waals surface area contributed by atoms with E-state index in [1.807, 2.05) is 6.56 Å². The first-order chi connectivity index (χ1) is 13.6. The van der Waals surface area contributed by atoms with Crippen molar-refractivity contribution in [1.29, 1.82) is 0 Å². The standard InChI is InChI=1S/2C11H19OSi.C2H4.2ClH.Zr/c2*1-13(2,3)12-10-6-9-11-7-4-5-8-11;1-2;;;/h2*4,7H,5-6,9-10H2,1-3H3;1H,2H3;2*1H;/q;;;;;+2/p-2. The maximum absolute atomic E-state index is 6.08. The van der Waals surface area contributed by atoms with E-state index < -0.39 is 37.9 Å². The monoisotopic (exact) mass is 578 g/mol. The Labute approximate surface area is 213 Å². The summed E-state index contributed by atoms with van der Waals surface area (Å²) in [6.07, 6.45) is 16.7. The molecule has 0 unspecified atom stereocenters. The van der Waals surface area contributed by atoms with Gasteiger partial charge in [-0.05, 0) is 0 Å². The molecule has 0 bridgehead atoms. The molecule has 176 valence electrons. The number of rotatable bonds is 12. The van der Waals surface area contributed by atoms with Crippen LogP contribution >= 0.6 is 0 Å². The molecule has 2 rings (SSSR count). The summed E-state index contributed by atoms with van der Waals surface area (Å²) in [5, 5.41) is 0. The van der Waals surface area contributed by atoms with Gasteiger partial charge in [0, 0.05) is 0 Å². The molecule has 0 saturated heterocycles. The van der Waals surface area contributed by atoms with Gasteiger partial charge in [-0.2, -0.15) is 0 Å². The van der Waals surface area contributed by atoms with Gasteiger partial charge in [-0.25, -0.2) is 0 Å². The number of allylic oxidation sites excluding steroid dienone is 8. The number of hydrogen-bond acceptors (Lipinski definition) is 2. The van der Waals surface area contributed by atoms with Crippen LogP contribution in [0.3, 0.4) is 0 Å². The van der Waals surface area contributed by atoms with E-state index in [-0.39, 0.29) is 24.8 Å². The molecule has 0 fully saturated rings. The van der Waals surface area contributed by atoms with Gasteiger partial charge in [0.25, 0.3) is 0 Å². The van der Waals surface area contributed by atoms with E-state index in [0.717, 1.165) is 26.1 Å². The molecule has 2 aliphatic carbocycles. The molecular formula is C24H42Cl2O2Si2Zr.